The van der Waals surface area contributed by atoms with Gasteiger partial charge in [0, 0.05) is 57.1 Å². The molecule has 220 valence electrons. The SMILES string of the molecule is C=CC(=O)Nc1cc(Nc2nccc(OC3CN(c4cnc5c(ccn5C)c4)C3)n2)c(OC)cc1N(C)CCN(C)C. The number of rotatable bonds is 12. The summed E-state index contributed by atoms with van der Waals surface area (Å²) in [5.41, 5.74) is 4.04. The van der Waals surface area contributed by atoms with Crippen molar-refractivity contribution in [2.24, 2.45) is 7.05 Å². The number of aryl methyl sites for hydroxylation is 1. The van der Waals surface area contributed by atoms with Gasteiger partial charge in [0.1, 0.15) is 17.5 Å². The molecule has 1 aliphatic heterocycles. The second-order valence-electron chi connectivity index (χ2n) is 10.5. The van der Waals surface area contributed by atoms with E-state index in [-0.39, 0.29) is 12.0 Å². The fourth-order valence-corrected chi connectivity index (χ4v) is 4.70. The van der Waals surface area contributed by atoms with Crippen molar-refractivity contribution in [3.05, 3.63) is 61.6 Å². The van der Waals surface area contributed by atoms with Crippen LogP contribution in [0, 0.1) is 0 Å². The number of likely N-dealkylation sites (N-methyl/N-ethyl adjacent to an activating group) is 2. The Morgan fingerprint density at radius 1 is 1.14 bits per heavy atom. The summed E-state index contributed by atoms with van der Waals surface area (Å²) in [4.78, 5) is 32.2. The number of carbonyl (C=O) groups excluding carboxylic acids is 1. The molecule has 2 N–H and O–H groups in total. The molecule has 5 rings (SSSR count). The summed E-state index contributed by atoms with van der Waals surface area (Å²) in [6.07, 6.45) is 6.78. The Morgan fingerprint density at radius 3 is 2.69 bits per heavy atom. The van der Waals surface area contributed by atoms with Gasteiger partial charge in [0.15, 0.2) is 0 Å². The lowest BCUT2D eigenvalue weighted by atomic mass is 10.1. The summed E-state index contributed by atoms with van der Waals surface area (Å²) in [7, 11) is 9.59. The zero-order valence-electron chi connectivity index (χ0n) is 24.7. The molecule has 1 aromatic carbocycles. The predicted molar refractivity (Wildman–Crippen MR) is 166 cm³/mol. The molecular weight excluding hydrogens is 534 g/mol. The maximum atomic E-state index is 12.2. The van der Waals surface area contributed by atoms with Crippen LogP contribution in [0.2, 0.25) is 0 Å². The lowest BCUT2D eigenvalue weighted by Gasteiger charge is -2.40. The first-order chi connectivity index (χ1) is 20.2. The minimum atomic E-state index is -0.311. The molecule has 0 aliphatic carbocycles. The third kappa shape index (κ3) is 6.39. The Bertz CT molecular complexity index is 1580. The van der Waals surface area contributed by atoms with Crippen molar-refractivity contribution in [2.75, 3.05) is 74.9 Å². The van der Waals surface area contributed by atoms with Gasteiger partial charge in [-0.25, -0.2) is 9.97 Å². The van der Waals surface area contributed by atoms with Crippen LogP contribution in [0.5, 0.6) is 11.6 Å². The molecule has 1 fully saturated rings. The van der Waals surface area contributed by atoms with Crippen molar-refractivity contribution >= 4 is 45.6 Å². The summed E-state index contributed by atoms with van der Waals surface area (Å²) < 4.78 is 13.9. The van der Waals surface area contributed by atoms with E-state index in [1.54, 1.807) is 25.4 Å². The van der Waals surface area contributed by atoms with E-state index in [1.165, 1.54) is 6.08 Å². The van der Waals surface area contributed by atoms with Crippen LogP contribution in [0.3, 0.4) is 0 Å². The molecule has 12 nitrogen and oxygen atoms in total. The lowest BCUT2D eigenvalue weighted by Crippen LogP contribution is -2.54. The van der Waals surface area contributed by atoms with Crippen molar-refractivity contribution in [2.45, 2.75) is 6.10 Å². The highest BCUT2D eigenvalue weighted by molar-refractivity contribution is 6.02. The van der Waals surface area contributed by atoms with Gasteiger partial charge in [-0.1, -0.05) is 6.58 Å². The number of hydrogen-bond donors (Lipinski definition) is 2. The Morgan fingerprint density at radius 2 is 1.95 bits per heavy atom. The van der Waals surface area contributed by atoms with Crippen molar-refractivity contribution < 1.29 is 14.3 Å². The molecule has 4 aromatic rings. The number of hydrogen-bond acceptors (Lipinski definition) is 10. The van der Waals surface area contributed by atoms with Crippen molar-refractivity contribution in [3.63, 3.8) is 0 Å². The molecule has 4 heterocycles. The highest BCUT2D eigenvalue weighted by atomic mass is 16.5. The largest absolute Gasteiger partial charge is 0.494 e. The predicted octanol–water partition coefficient (Wildman–Crippen LogP) is 3.51. The van der Waals surface area contributed by atoms with Crippen LogP contribution in [-0.4, -0.2) is 90.9 Å². The summed E-state index contributed by atoms with van der Waals surface area (Å²) in [6, 6.07) is 9.63. The molecule has 1 aliphatic rings. The molecule has 1 saturated heterocycles. The van der Waals surface area contributed by atoms with Gasteiger partial charge in [0.05, 0.1) is 49.1 Å². The van der Waals surface area contributed by atoms with E-state index in [0.29, 0.717) is 29.0 Å². The normalized spacial score (nSPS) is 13.1. The molecular formula is C30H37N9O3. The molecule has 0 bridgehead atoms. The lowest BCUT2D eigenvalue weighted by molar-refractivity contribution is -0.111. The molecule has 0 spiro atoms. The van der Waals surface area contributed by atoms with E-state index in [2.05, 4.69) is 59.0 Å². The Labute approximate surface area is 245 Å². The molecule has 0 unspecified atom stereocenters. The fourth-order valence-electron chi connectivity index (χ4n) is 4.70. The van der Waals surface area contributed by atoms with Crippen LogP contribution in [0.25, 0.3) is 11.0 Å². The number of carbonyl (C=O) groups is 1. The average Bonchev–Trinajstić information content (AvgIpc) is 3.33. The van der Waals surface area contributed by atoms with Crippen LogP contribution in [0.15, 0.2) is 61.6 Å². The molecule has 0 atom stereocenters. The number of nitrogens with zero attached hydrogens (tertiary/aromatic N) is 7. The number of fused-ring (bicyclic) bond motifs is 1. The van der Waals surface area contributed by atoms with E-state index in [4.69, 9.17) is 9.47 Å². The van der Waals surface area contributed by atoms with Crippen LogP contribution in [-0.2, 0) is 11.8 Å². The molecule has 12 heteroatoms. The van der Waals surface area contributed by atoms with Crippen molar-refractivity contribution in [1.29, 1.82) is 0 Å². The van der Waals surface area contributed by atoms with E-state index in [1.807, 2.05) is 51.2 Å². The first kappa shape index (κ1) is 28.7. The standard InChI is InChI=1S/C30H37N9O3/c1-7-27(40)33-23-15-24(26(41-6)16-25(23)37(4)13-12-36(2)3)34-30-31-10-8-28(35-30)42-22-18-39(19-22)21-14-20-9-11-38(5)29(20)32-17-21/h7-11,14-17,22H,1,12-13,18-19H2,2-6H3,(H,33,40)(H,31,34,35). The third-order valence-electron chi connectivity index (χ3n) is 7.12. The van der Waals surface area contributed by atoms with Crippen molar-refractivity contribution in [1.82, 2.24) is 24.4 Å². The number of amides is 1. The number of methoxy groups -OCH3 is 1. The van der Waals surface area contributed by atoms with Gasteiger partial charge < -0.3 is 39.4 Å². The fraction of sp³-hybridized carbons (Fsp3) is 0.333. The summed E-state index contributed by atoms with van der Waals surface area (Å²) >= 11 is 0. The maximum absolute atomic E-state index is 12.2. The van der Waals surface area contributed by atoms with Gasteiger partial charge in [0.25, 0.3) is 0 Å². The third-order valence-corrected chi connectivity index (χ3v) is 7.12. The summed E-state index contributed by atoms with van der Waals surface area (Å²) in [5, 5.41) is 7.24. The second-order valence-corrected chi connectivity index (χ2v) is 10.5. The topological polar surface area (TPSA) is 113 Å². The molecule has 0 radical (unpaired) electrons. The smallest absolute Gasteiger partial charge is 0.247 e. The number of aromatic nitrogens is 4. The molecule has 1 amide bonds. The maximum Gasteiger partial charge on any atom is 0.247 e. The van der Waals surface area contributed by atoms with Gasteiger partial charge in [-0.3, -0.25) is 4.79 Å². The van der Waals surface area contributed by atoms with Crippen molar-refractivity contribution in [3.8, 4) is 11.6 Å². The number of benzene rings is 1. The number of ether oxygens (including phenoxy) is 2. The van der Waals surface area contributed by atoms with Gasteiger partial charge in [-0.2, -0.15) is 4.98 Å². The minimum absolute atomic E-state index is 0.00791. The first-order valence-corrected chi connectivity index (χ1v) is 13.7. The van der Waals surface area contributed by atoms with Gasteiger partial charge >= 0.3 is 0 Å². The van der Waals surface area contributed by atoms with Gasteiger partial charge in [-0.05, 0) is 38.4 Å². The zero-order chi connectivity index (χ0) is 29.8. The average molecular weight is 572 g/mol. The Kier molecular flexibility index (Phi) is 8.43. The van der Waals surface area contributed by atoms with Crippen LogP contribution < -0.4 is 29.9 Å². The van der Waals surface area contributed by atoms with E-state index in [0.717, 1.165) is 48.6 Å². The van der Waals surface area contributed by atoms with E-state index >= 15 is 0 Å². The van der Waals surface area contributed by atoms with Gasteiger partial charge in [-0.15, -0.1) is 0 Å². The van der Waals surface area contributed by atoms with E-state index in [9.17, 15) is 4.79 Å². The molecule has 3 aromatic heterocycles. The number of anilines is 5. The second kappa shape index (κ2) is 12.4. The zero-order valence-corrected chi connectivity index (χ0v) is 24.7. The van der Waals surface area contributed by atoms with Crippen LogP contribution >= 0.6 is 0 Å². The molecule has 0 saturated carbocycles. The quantitative estimate of drug-likeness (QED) is 0.245. The number of pyridine rings is 1. The monoisotopic (exact) mass is 571 g/mol. The summed E-state index contributed by atoms with van der Waals surface area (Å²) in [6.45, 7) is 6.63. The Balaban J connectivity index is 1.28. The highest BCUT2D eigenvalue weighted by Gasteiger charge is 2.29. The minimum Gasteiger partial charge on any atom is -0.494 e. The summed E-state index contributed by atoms with van der Waals surface area (Å²) in [5.74, 6) is 1.07. The highest BCUT2D eigenvalue weighted by Crippen LogP contribution is 2.38. The Hall–Kier alpha value is -4.84. The number of nitrogens with one attached hydrogen (secondary N) is 2. The molecule has 42 heavy (non-hydrogen) atoms. The van der Waals surface area contributed by atoms with Crippen LogP contribution in [0.4, 0.5) is 28.7 Å². The first-order valence-electron chi connectivity index (χ1n) is 13.7. The van der Waals surface area contributed by atoms with Gasteiger partial charge in [0.2, 0.25) is 17.7 Å². The van der Waals surface area contributed by atoms with E-state index < -0.39 is 0 Å². The van der Waals surface area contributed by atoms with Crippen LogP contribution in [0.1, 0.15) is 0 Å².